The molecule has 0 N–H and O–H groups in total. The van der Waals surface area contributed by atoms with Crippen LogP contribution in [0.5, 0.6) is 0 Å². The highest BCUT2D eigenvalue weighted by molar-refractivity contribution is 6.12. The average Bonchev–Trinajstić information content (AvgIpc) is 2.28. The van der Waals surface area contributed by atoms with Crippen LogP contribution in [-0.4, -0.2) is 23.7 Å². The van der Waals surface area contributed by atoms with E-state index in [0.717, 1.165) is 25.0 Å². The van der Waals surface area contributed by atoms with E-state index < -0.39 is 0 Å². The smallest absolute Gasteiger partial charge is 0.254 e. The Balaban J connectivity index is 2.36. The van der Waals surface area contributed by atoms with Crippen molar-refractivity contribution >= 4 is 11.6 Å². The van der Waals surface area contributed by atoms with E-state index in [1.54, 1.807) is 7.05 Å². The number of carbonyl (C=O) groups excluding carboxylic acids is 1. The standard InChI is InChI=1S/C9H14N2O/c1-9-6-4-3-5-7(9)10-11(2)8(9)12/h3-6H2,1-2H3. The summed E-state index contributed by atoms with van der Waals surface area (Å²) in [6.45, 7) is 2.02. The van der Waals surface area contributed by atoms with Crippen LogP contribution in [0, 0.1) is 5.41 Å². The van der Waals surface area contributed by atoms with Gasteiger partial charge in [-0.25, -0.2) is 5.01 Å². The largest absolute Gasteiger partial charge is 0.272 e. The molecule has 1 heterocycles. The van der Waals surface area contributed by atoms with E-state index in [1.165, 1.54) is 11.4 Å². The van der Waals surface area contributed by atoms with Crippen LogP contribution in [0.4, 0.5) is 0 Å². The first-order chi connectivity index (χ1) is 5.64. The Morgan fingerprint density at radius 2 is 2.25 bits per heavy atom. The molecule has 1 aliphatic carbocycles. The van der Waals surface area contributed by atoms with E-state index in [-0.39, 0.29) is 11.3 Å². The van der Waals surface area contributed by atoms with Gasteiger partial charge in [0.25, 0.3) is 5.91 Å². The van der Waals surface area contributed by atoms with Crippen molar-refractivity contribution in [2.24, 2.45) is 10.5 Å². The maximum absolute atomic E-state index is 11.7. The fourth-order valence-corrected chi connectivity index (χ4v) is 2.17. The molecule has 1 amide bonds. The summed E-state index contributed by atoms with van der Waals surface area (Å²) in [7, 11) is 1.75. The van der Waals surface area contributed by atoms with E-state index in [2.05, 4.69) is 5.10 Å². The number of hydrogen-bond donors (Lipinski definition) is 0. The molecule has 0 aromatic rings. The predicted octanol–water partition coefficient (Wildman–Crippen LogP) is 1.39. The van der Waals surface area contributed by atoms with Crippen LogP contribution in [0.15, 0.2) is 5.10 Å². The molecular weight excluding hydrogens is 152 g/mol. The van der Waals surface area contributed by atoms with Crippen molar-refractivity contribution in [3.8, 4) is 0 Å². The minimum absolute atomic E-state index is 0.178. The molecule has 3 heteroatoms. The maximum atomic E-state index is 11.7. The van der Waals surface area contributed by atoms with Crippen LogP contribution in [0.1, 0.15) is 32.6 Å². The predicted molar refractivity (Wildman–Crippen MR) is 46.8 cm³/mol. The van der Waals surface area contributed by atoms with Crippen LogP contribution in [0.3, 0.4) is 0 Å². The Bertz CT molecular complexity index is 259. The minimum atomic E-state index is -0.243. The molecule has 2 aliphatic rings. The molecule has 0 bridgehead atoms. The zero-order valence-corrected chi connectivity index (χ0v) is 7.63. The van der Waals surface area contributed by atoms with Gasteiger partial charge in [0.1, 0.15) is 0 Å². The Kier molecular flexibility index (Phi) is 1.50. The second-order valence-corrected chi connectivity index (χ2v) is 3.91. The molecule has 3 nitrogen and oxygen atoms in total. The van der Waals surface area contributed by atoms with Crippen molar-refractivity contribution in [1.82, 2.24) is 5.01 Å². The molecule has 2 rings (SSSR count). The second kappa shape index (κ2) is 2.31. The van der Waals surface area contributed by atoms with Crippen molar-refractivity contribution in [3.05, 3.63) is 0 Å². The van der Waals surface area contributed by atoms with Crippen molar-refractivity contribution in [2.45, 2.75) is 32.6 Å². The Morgan fingerprint density at radius 1 is 1.50 bits per heavy atom. The molecule has 0 spiro atoms. The zero-order valence-electron chi connectivity index (χ0n) is 7.63. The third-order valence-electron chi connectivity index (χ3n) is 3.01. The highest BCUT2D eigenvalue weighted by Crippen LogP contribution is 2.39. The van der Waals surface area contributed by atoms with Crippen LogP contribution < -0.4 is 0 Å². The van der Waals surface area contributed by atoms with Crippen LogP contribution >= 0.6 is 0 Å². The number of fused-ring (bicyclic) bond motifs is 1. The highest BCUT2D eigenvalue weighted by Gasteiger charge is 2.46. The topological polar surface area (TPSA) is 32.7 Å². The average molecular weight is 166 g/mol. The molecule has 0 aromatic heterocycles. The molecular formula is C9H14N2O. The summed E-state index contributed by atoms with van der Waals surface area (Å²) >= 11 is 0. The van der Waals surface area contributed by atoms with Crippen molar-refractivity contribution in [2.75, 3.05) is 7.05 Å². The van der Waals surface area contributed by atoms with E-state index in [4.69, 9.17) is 0 Å². The zero-order chi connectivity index (χ0) is 8.77. The summed E-state index contributed by atoms with van der Waals surface area (Å²) in [5.41, 5.74) is 0.855. The third-order valence-corrected chi connectivity index (χ3v) is 3.01. The molecule has 0 radical (unpaired) electrons. The van der Waals surface area contributed by atoms with Crippen LogP contribution in [-0.2, 0) is 4.79 Å². The number of carbonyl (C=O) groups is 1. The lowest BCUT2D eigenvalue weighted by Crippen LogP contribution is -2.37. The van der Waals surface area contributed by atoms with Gasteiger partial charge in [-0.15, -0.1) is 0 Å². The normalized spacial score (nSPS) is 35.0. The number of rotatable bonds is 0. The molecule has 1 fully saturated rings. The van der Waals surface area contributed by atoms with Gasteiger partial charge in [0.05, 0.1) is 11.1 Å². The first-order valence-corrected chi connectivity index (χ1v) is 4.51. The lowest BCUT2D eigenvalue weighted by molar-refractivity contribution is -0.134. The summed E-state index contributed by atoms with van der Waals surface area (Å²) in [4.78, 5) is 11.7. The van der Waals surface area contributed by atoms with Gasteiger partial charge in [-0.2, -0.15) is 5.10 Å². The van der Waals surface area contributed by atoms with Gasteiger partial charge in [0, 0.05) is 7.05 Å². The molecule has 12 heavy (non-hydrogen) atoms. The van der Waals surface area contributed by atoms with Gasteiger partial charge in [-0.05, 0) is 26.2 Å². The monoisotopic (exact) mass is 166 g/mol. The second-order valence-electron chi connectivity index (χ2n) is 3.91. The van der Waals surface area contributed by atoms with Gasteiger partial charge in [-0.3, -0.25) is 4.79 Å². The number of hydrogen-bond acceptors (Lipinski definition) is 2. The fourth-order valence-electron chi connectivity index (χ4n) is 2.17. The number of amides is 1. The fraction of sp³-hybridized carbons (Fsp3) is 0.778. The Labute approximate surface area is 72.4 Å². The number of nitrogens with zero attached hydrogens (tertiary/aromatic N) is 2. The van der Waals surface area contributed by atoms with Gasteiger partial charge in [-0.1, -0.05) is 6.42 Å². The van der Waals surface area contributed by atoms with Crippen molar-refractivity contribution in [1.29, 1.82) is 0 Å². The molecule has 1 unspecified atom stereocenters. The van der Waals surface area contributed by atoms with Crippen molar-refractivity contribution < 1.29 is 4.79 Å². The molecule has 0 saturated heterocycles. The maximum Gasteiger partial charge on any atom is 0.254 e. The summed E-state index contributed by atoms with van der Waals surface area (Å²) in [5, 5.41) is 5.76. The number of hydrazone groups is 1. The molecule has 66 valence electrons. The first-order valence-electron chi connectivity index (χ1n) is 4.51. The van der Waals surface area contributed by atoms with E-state index >= 15 is 0 Å². The molecule has 1 aliphatic heterocycles. The third kappa shape index (κ3) is 0.822. The molecule has 0 aromatic carbocycles. The van der Waals surface area contributed by atoms with Gasteiger partial charge in [0.15, 0.2) is 0 Å². The van der Waals surface area contributed by atoms with Crippen LogP contribution in [0.2, 0.25) is 0 Å². The van der Waals surface area contributed by atoms with E-state index in [1.807, 2.05) is 6.92 Å². The van der Waals surface area contributed by atoms with Gasteiger partial charge >= 0.3 is 0 Å². The molecule has 1 atom stereocenters. The highest BCUT2D eigenvalue weighted by atomic mass is 16.2. The Morgan fingerprint density at radius 3 is 2.92 bits per heavy atom. The SMILES string of the molecule is CN1N=C2CCCCC2(C)C1=O. The Hall–Kier alpha value is -0.860. The molecule has 1 saturated carbocycles. The van der Waals surface area contributed by atoms with E-state index in [9.17, 15) is 4.79 Å². The lowest BCUT2D eigenvalue weighted by Gasteiger charge is -2.27. The van der Waals surface area contributed by atoms with Crippen molar-refractivity contribution in [3.63, 3.8) is 0 Å². The minimum Gasteiger partial charge on any atom is -0.272 e. The summed E-state index contributed by atoms with van der Waals surface area (Å²) < 4.78 is 0. The first kappa shape index (κ1) is 7.77. The van der Waals surface area contributed by atoms with Gasteiger partial charge < -0.3 is 0 Å². The summed E-state index contributed by atoms with van der Waals surface area (Å²) in [6, 6.07) is 0. The van der Waals surface area contributed by atoms with E-state index in [0.29, 0.717) is 0 Å². The lowest BCUT2D eigenvalue weighted by atomic mass is 9.74. The van der Waals surface area contributed by atoms with Crippen LogP contribution in [0.25, 0.3) is 0 Å². The summed E-state index contributed by atoms with van der Waals surface area (Å²) in [5.74, 6) is 0.178. The van der Waals surface area contributed by atoms with Gasteiger partial charge in [0.2, 0.25) is 0 Å². The quantitative estimate of drug-likeness (QED) is 0.535. The summed E-state index contributed by atoms with van der Waals surface area (Å²) in [6.07, 6.45) is 4.34.